The Balaban J connectivity index is 2.10. The van der Waals surface area contributed by atoms with Crippen LogP contribution in [0.25, 0.3) is 0 Å². The second-order valence-electron chi connectivity index (χ2n) is 5.45. The Labute approximate surface area is 122 Å². The van der Waals surface area contributed by atoms with Gasteiger partial charge in [0.25, 0.3) is 0 Å². The Morgan fingerprint density at radius 3 is 2.10 bits per heavy atom. The van der Waals surface area contributed by atoms with Gasteiger partial charge in [-0.3, -0.25) is 0 Å². The predicted octanol–water partition coefficient (Wildman–Crippen LogP) is 4.77. The van der Waals surface area contributed by atoms with Crippen molar-refractivity contribution in [3.8, 4) is 0 Å². The van der Waals surface area contributed by atoms with Crippen molar-refractivity contribution in [1.29, 1.82) is 0 Å². The molecule has 1 heteroatoms. The van der Waals surface area contributed by atoms with Gasteiger partial charge in [0, 0.05) is 0 Å². The minimum Gasteiger partial charge on any atom is -0.388 e. The average Bonchev–Trinajstić information content (AvgIpc) is 2.52. The number of hydrogen-bond donors (Lipinski definition) is 1. The molecule has 2 rings (SSSR count). The summed E-state index contributed by atoms with van der Waals surface area (Å²) in [5.74, 6) is 0.291. The first-order valence-electron chi connectivity index (χ1n) is 7.58. The molecule has 2 aromatic carbocycles. The predicted molar refractivity (Wildman–Crippen MR) is 84.6 cm³/mol. The van der Waals surface area contributed by atoms with E-state index >= 15 is 0 Å². The van der Waals surface area contributed by atoms with Gasteiger partial charge in [0.2, 0.25) is 0 Å². The minimum absolute atomic E-state index is 0.291. The highest BCUT2D eigenvalue weighted by molar-refractivity contribution is 5.20. The van der Waals surface area contributed by atoms with Crippen LogP contribution in [0.5, 0.6) is 0 Å². The van der Waals surface area contributed by atoms with Crippen molar-refractivity contribution in [1.82, 2.24) is 0 Å². The second-order valence-corrected chi connectivity index (χ2v) is 5.45. The van der Waals surface area contributed by atoms with E-state index in [-0.39, 0.29) is 6.10 Å². The van der Waals surface area contributed by atoms with Crippen LogP contribution in [0.2, 0.25) is 0 Å². The molecule has 2 atom stereocenters. The van der Waals surface area contributed by atoms with Crippen LogP contribution >= 0.6 is 0 Å². The molecule has 1 N–H and O–H groups in total. The molecule has 0 aliphatic heterocycles. The standard InChI is InChI=1S/C19H24O/c1-2-3-12-18(15-16-10-6-4-7-11-16)19(20)17-13-8-5-9-14-17/h4-11,13-14,18-20H,2-3,12,15H2,1H3. The highest BCUT2D eigenvalue weighted by Crippen LogP contribution is 2.29. The van der Waals surface area contributed by atoms with Gasteiger partial charge in [-0.1, -0.05) is 80.4 Å². The molecule has 0 heterocycles. The summed E-state index contributed by atoms with van der Waals surface area (Å²) in [6, 6.07) is 20.5. The van der Waals surface area contributed by atoms with Gasteiger partial charge in [-0.25, -0.2) is 0 Å². The van der Waals surface area contributed by atoms with Gasteiger partial charge in [0.15, 0.2) is 0 Å². The van der Waals surface area contributed by atoms with Crippen LogP contribution in [-0.4, -0.2) is 5.11 Å². The van der Waals surface area contributed by atoms with Gasteiger partial charge in [0.05, 0.1) is 6.10 Å². The summed E-state index contributed by atoms with van der Waals surface area (Å²) in [7, 11) is 0. The fourth-order valence-corrected chi connectivity index (χ4v) is 2.68. The first kappa shape index (κ1) is 14.8. The van der Waals surface area contributed by atoms with E-state index in [2.05, 4.69) is 31.2 Å². The largest absolute Gasteiger partial charge is 0.388 e. The first-order valence-corrected chi connectivity index (χ1v) is 7.58. The Morgan fingerprint density at radius 2 is 1.50 bits per heavy atom. The molecule has 0 fully saturated rings. The van der Waals surface area contributed by atoms with Crippen molar-refractivity contribution in [2.45, 2.75) is 38.7 Å². The molecule has 2 aromatic rings. The molecule has 0 aliphatic rings. The smallest absolute Gasteiger partial charge is 0.0821 e. The molecule has 0 saturated heterocycles. The van der Waals surface area contributed by atoms with E-state index in [1.54, 1.807) is 0 Å². The van der Waals surface area contributed by atoms with Crippen molar-refractivity contribution in [3.63, 3.8) is 0 Å². The summed E-state index contributed by atoms with van der Waals surface area (Å²) < 4.78 is 0. The lowest BCUT2D eigenvalue weighted by atomic mass is 9.86. The summed E-state index contributed by atoms with van der Waals surface area (Å²) in [4.78, 5) is 0. The van der Waals surface area contributed by atoms with E-state index in [4.69, 9.17) is 0 Å². The van der Waals surface area contributed by atoms with Crippen LogP contribution in [0.15, 0.2) is 60.7 Å². The Hall–Kier alpha value is -1.60. The number of unbranched alkanes of at least 4 members (excludes halogenated alkanes) is 1. The monoisotopic (exact) mass is 268 g/mol. The van der Waals surface area contributed by atoms with Crippen LogP contribution < -0.4 is 0 Å². The lowest BCUT2D eigenvalue weighted by molar-refractivity contribution is 0.101. The topological polar surface area (TPSA) is 20.2 Å². The number of hydrogen-bond acceptors (Lipinski definition) is 1. The number of aliphatic hydroxyl groups is 1. The van der Waals surface area contributed by atoms with Gasteiger partial charge in [0.1, 0.15) is 0 Å². The number of benzene rings is 2. The van der Waals surface area contributed by atoms with Gasteiger partial charge < -0.3 is 5.11 Å². The third kappa shape index (κ3) is 4.21. The summed E-state index contributed by atoms with van der Waals surface area (Å²) in [5.41, 5.74) is 2.34. The van der Waals surface area contributed by atoms with E-state index in [0.717, 1.165) is 18.4 Å². The normalized spacial score (nSPS) is 13.9. The Morgan fingerprint density at radius 1 is 0.900 bits per heavy atom. The molecular weight excluding hydrogens is 244 g/mol. The maximum Gasteiger partial charge on any atom is 0.0821 e. The highest BCUT2D eigenvalue weighted by Gasteiger charge is 2.20. The fraction of sp³-hybridized carbons (Fsp3) is 0.368. The molecule has 0 saturated carbocycles. The summed E-state index contributed by atoms with van der Waals surface area (Å²) in [6.45, 7) is 2.20. The Bertz CT molecular complexity index is 478. The van der Waals surface area contributed by atoms with Crippen molar-refractivity contribution in [2.75, 3.05) is 0 Å². The molecule has 20 heavy (non-hydrogen) atoms. The van der Waals surface area contributed by atoms with Crippen LogP contribution in [0.1, 0.15) is 43.4 Å². The number of rotatable bonds is 7. The molecule has 0 amide bonds. The van der Waals surface area contributed by atoms with Crippen LogP contribution in [0, 0.1) is 5.92 Å². The molecule has 1 nitrogen and oxygen atoms in total. The summed E-state index contributed by atoms with van der Waals surface area (Å²) in [5, 5.41) is 10.7. The van der Waals surface area contributed by atoms with Crippen molar-refractivity contribution >= 4 is 0 Å². The summed E-state index contributed by atoms with van der Waals surface area (Å²) >= 11 is 0. The maximum absolute atomic E-state index is 10.7. The zero-order valence-corrected chi connectivity index (χ0v) is 12.2. The zero-order chi connectivity index (χ0) is 14.2. The zero-order valence-electron chi connectivity index (χ0n) is 12.2. The third-order valence-corrected chi connectivity index (χ3v) is 3.86. The molecule has 0 spiro atoms. The van der Waals surface area contributed by atoms with Gasteiger partial charge in [-0.05, 0) is 29.9 Å². The summed E-state index contributed by atoms with van der Waals surface area (Å²) in [6.07, 6.45) is 3.98. The second kappa shape index (κ2) is 7.86. The first-order chi connectivity index (χ1) is 9.81. The lowest BCUT2D eigenvalue weighted by Crippen LogP contribution is -2.15. The van der Waals surface area contributed by atoms with Crippen LogP contribution in [0.3, 0.4) is 0 Å². The molecule has 0 aliphatic carbocycles. The Kier molecular flexibility index (Phi) is 5.82. The molecule has 0 radical (unpaired) electrons. The van der Waals surface area contributed by atoms with E-state index in [1.807, 2.05) is 36.4 Å². The maximum atomic E-state index is 10.7. The van der Waals surface area contributed by atoms with Gasteiger partial charge in [-0.2, -0.15) is 0 Å². The van der Waals surface area contributed by atoms with Crippen LogP contribution in [0.4, 0.5) is 0 Å². The molecule has 106 valence electrons. The van der Waals surface area contributed by atoms with Gasteiger partial charge >= 0.3 is 0 Å². The lowest BCUT2D eigenvalue weighted by Gasteiger charge is -2.23. The SMILES string of the molecule is CCCCC(Cc1ccccc1)C(O)c1ccccc1. The third-order valence-electron chi connectivity index (χ3n) is 3.86. The molecule has 0 bridgehead atoms. The molecule has 2 unspecified atom stereocenters. The molecular formula is C19H24O. The van der Waals surface area contributed by atoms with E-state index in [0.29, 0.717) is 5.92 Å². The highest BCUT2D eigenvalue weighted by atomic mass is 16.3. The quantitative estimate of drug-likeness (QED) is 0.767. The fourth-order valence-electron chi connectivity index (χ4n) is 2.68. The van der Waals surface area contributed by atoms with E-state index in [1.165, 1.54) is 18.4 Å². The minimum atomic E-state index is -0.372. The van der Waals surface area contributed by atoms with Gasteiger partial charge in [-0.15, -0.1) is 0 Å². The average molecular weight is 268 g/mol. The van der Waals surface area contributed by atoms with Crippen molar-refractivity contribution in [3.05, 3.63) is 71.8 Å². The van der Waals surface area contributed by atoms with Crippen LogP contribution in [-0.2, 0) is 6.42 Å². The van der Waals surface area contributed by atoms with Crippen molar-refractivity contribution in [2.24, 2.45) is 5.92 Å². The van der Waals surface area contributed by atoms with E-state index < -0.39 is 0 Å². The number of aliphatic hydroxyl groups excluding tert-OH is 1. The molecule has 0 aromatic heterocycles. The van der Waals surface area contributed by atoms with E-state index in [9.17, 15) is 5.11 Å². The van der Waals surface area contributed by atoms with Crippen molar-refractivity contribution < 1.29 is 5.11 Å².